The lowest BCUT2D eigenvalue weighted by molar-refractivity contribution is 0.475. The predicted molar refractivity (Wildman–Crippen MR) is 75.3 cm³/mol. The number of aliphatic imine (C=N–C) groups is 1. The lowest BCUT2D eigenvalue weighted by atomic mass is 10.1. The van der Waals surface area contributed by atoms with Gasteiger partial charge in [0.1, 0.15) is 5.75 Å². The minimum Gasteiger partial charge on any atom is -0.508 e. The van der Waals surface area contributed by atoms with E-state index in [1.165, 1.54) is 11.1 Å². The molecule has 0 amide bonds. The Bertz CT molecular complexity index is 526. The van der Waals surface area contributed by atoms with Crippen LogP contribution < -0.4 is 0 Å². The van der Waals surface area contributed by atoms with Crippen molar-refractivity contribution in [2.24, 2.45) is 4.99 Å². The third-order valence-corrected chi connectivity index (χ3v) is 2.90. The maximum absolute atomic E-state index is 9.19. The van der Waals surface area contributed by atoms with Gasteiger partial charge in [0, 0.05) is 6.21 Å². The van der Waals surface area contributed by atoms with Crippen LogP contribution >= 0.6 is 0 Å². The number of hydrogen-bond donors (Lipinski definition) is 1. The first-order valence-electron chi connectivity index (χ1n) is 6.04. The van der Waals surface area contributed by atoms with Gasteiger partial charge < -0.3 is 5.11 Å². The Morgan fingerprint density at radius 1 is 1.00 bits per heavy atom. The predicted octanol–water partition coefficient (Wildman–Crippen LogP) is 3.88. The van der Waals surface area contributed by atoms with Crippen molar-refractivity contribution in [1.82, 2.24) is 0 Å². The molecular weight excluding hydrogens is 222 g/mol. The van der Waals surface area contributed by atoms with Gasteiger partial charge in [-0.1, -0.05) is 29.8 Å². The monoisotopic (exact) mass is 239 g/mol. The molecule has 0 aliphatic heterocycles. The van der Waals surface area contributed by atoms with Gasteiger partial charge >= 0.3 is 0 Å². The van der Waals surface area contributed by atoms with Crippen molar-refractivity contribution in [2.75, 3.05) is 0 Å². The summed E-state index contributed by atoms with van der Waals surface area (Å²) in [4.78, 5) is 4.52. The van der Waals surface area contributed by atoms with E-state index in [9.17, 15) is 5.11 Å². The van der Waals surface area contributed by atoms with Crippen molar-refractivity contribution in [1.29, 1.82) is 0 Å². The summed E-state index contributed by atoms with van der Waals surface area (Å²) in [5.41, 5.74) is 3.45. The molecule has 1 atom stereocenters. The van der Waals surface area contributed by atoms with E-state index in [0.29, 0.717) is 0 Å². The van der Waals surface area contributed by atoms with Crippen LogP contribution in [0.2, 0.25) is 0 Å². The van der Waals surface area contributed by atoms with Crippen molar-refractivity contribution in [2.45, 2.75) is 19.9 Å². The highest BCUT2D eigenvalue weighted by atomic mass is 16.3. The molecular formula is C16H17NO. The molecule has 0 aliphatic carbocycles. The highest BCUT2D eigenvalue weighted by molar-refractivity contribution is 5.79. The maximum Gasteiger partial charge on any atom is 0.115 e. The molecule has 0 heterocycles. The van der Waals surface area contributed by atoms with Crippen molar-refractivity contribution < 1.29 is 5.11 Å². The molecule has 18 heavy (non-hydrogen) atoms. The second kappa shape index (κ2) is 5.50. The van der Waals surface area contributed by atoms with E-state index in [2.05, 4.69) is 43.1 Å². The third kappa shape index (κ3) is 3.20. The Morgan fingerprint density at radius 3 is 2.22 bits per heavy atom. The Kier molecular flexibility index (Phi) is 3.78. The lowest BCUT2D eigenvalue weighted by Gasteiger charge is -2.06. The molecule has 2 rings (SSSR count). The van der Waals surface area contributed by atoms with Gasteiger partial charge in [-0.3, -0.25) is 4.99 Å². The highest BCUT2D eigenvalue weighted by Crippen LogP contribution is 2.17. The van der Waals surface area contributed by atoms with Crippen LogP contribution in [0, 0.1) is 6.92 Å². The van der Waals surface area contributed by atoms with Gasteiger partial charge in [0.05, 0.1) is 6.04 Å². The Hall–Kier alpha value is -2.09. The Balaban J connectivity index is 2.08. The van der Waals surface area contributed by atoms with E-state index >= 15 is 0 Å². The van der Waals surface area contributed by atoms with Gasteiger partial charge in [-0.2, -0.15) is 0 Å². The minimum absolute atomic E-state index is 0.138. The lowest BCUT2D eigenvalue weighted by Crippen LogP contribution is -1.91. The second-order valence-corrected chi connectivity index (χ2v) is 4.46. The summed E-state index contributed by atoms with van der Waals surface area (Å²) in [5, 5.41) is 9.19. The number of aryl methyl sites for hydroxylation is 1. The van der Waals surface area contributed by atoms with Gasteiger partial charge in [0.15, 0.2) is 0 Å². The van der Waals surface area contributed by atoms with E-state index in [1.807, 2.05) is 18.3 Å². The van der Waals surface area contributed by atoms with Crippen LogP contribution in [0.25, 0.3) is 0 Å². The van der Waals surface area contributed by atoms with Crippen LogP contribution in [-0.2, 0) is 0 Å². The standard InChI is InChI=1S/C16H17NO/c1-12-3-7-15(8-4-12)13(2)17-11-14-5-9-16(18)10-6-14/h3-11,13,18H,1-2H3/b17-11+/t13-/m1/s1. The van der Waals surface area contributed by atoms with Gasteiger partial charge in [-0.15, -0.1) is 0 Å². The van der Waals surface area contributed by atoms with E-state index in [4.69, 9.17) is 0 Å². The molecule has 1 N–H and O–H groups in total. The zero-order valence-electron chi connectivity index (χ0n) is 10.7. The molecule has 0 bridgehead atoms. The first-order chi connectivity index (χ1) is 8.65. The molecule has 2 nitrogen and oxygen atoms in total. The molecule has 0 saturated heterocycles. The summed E-state index contributed by atoms with van der Waals surface area (Å²) in [7, 11) is 0. The van der Waals surface area contributed by atoms with Gasteiger partial charge in [0.2, 0.25) is 0 Å². The minimum atomic E-state index is 0.138. The molecule has 0 aromatic heterocycles. The van der Waals surface area contributed by atoms with Crippen molar-refractivity contribution in [3.05, 3.63) is 65.2 Å². The van der Waals surface area contributed by atoms with Gasteiger partial charge in [0.25, 0.3) is 0 Å². The maximum atomic E-state index is 9.19. The van der Waals surface area contributed by atoms with Crippen molar-refractivity contribution in [3.63, 3.8) is 0 Å². The number of phenolic OH excluding ortho intramolecular Hbond substituents is 1. The molecule has 0 fully saturated rings. The average molecular weight is 239 g/mol. The summed E-state index contributed by atoms with van der Waals surface area (Å²) < 4.78 is 0. The van der Waals surface area contributed by atoms with Crippen LogP contribution in [0.1, 0.15) is 29.7 Å². The summed E-state index contributed by atoms with van der Waals surface area (Å²) in [6, 6.07) is 15.6. The quantitative estimate of drug-likeness (QED) is 0.810. The summed E-state index contributed by atoms with van der Waals surface area (Å²) >= 11 is 0. The third-order valence-electron chi connectivity index (χ3n) is 2.90. The number of benzene rings is 2. The van der Waals surface area contributed by atoms with E-state index < -0.39 is 0 Å². The molecule has 0 aliphatic rings. The summed E-state index contributed by atoms with van der Waals surface area (Å²) in [5.74, 6) is 0.277. The topological polar surface area (TPSA) is 32.6 Å². The number of nitrogens with zero attached hydrogens (tertiary/aromatic N) is 1. The fraction of sp³-hybridized carbons (Fsp3) is 0.188. The molecule has 2 aromatic carbocycles. The number of phenols is 1. The molecule has 0 unspecified atom stereocenters. The summed E-state index contributed by atoms with van der Waals surface area (Å²) in [6.45, 7) is 4.15. The molecule has 0 spiro atoms. The first-order valence-corrected chi connectivity index (χ1v) is 6.04. The number of aromatic hydroxyl groups is 1. The largest absolute Gasteiger partial charge is 0.508 e. The van der Waals surface area contributed by atoms with E-state index in [1.54, 1.807) is 12.1 Å². The first kappa shape index (κ1) is 12.4. The van der Waals surface area contributed by atoms with Crippen LogP contribution in [0.3, 0.4) is 0 Å². The fourth-order valence-electron chi connectivity index (χ4n) is 1.69. The Morgan fingerprint density at radius 2 is 1.61 bits per heavy atom. The fourth-order valence-corrected chi connectivity index (χ4v) is 1.69. The summed E-state index contributed by atoms with van der Waals surface area (Å²) in [6.07, 6.45) is 1.84. The highest BCUT2D eigenvalue weighted by Gasteiger charge is 2.01. The number of hydrogen-bond acceptors (Lipinski definition) is 2. The molecule has 2 heteroatoms. The van der Waals surface area contributed by atoms with Crippen LogP contribution in [0.5, 0.6) is 5.75 Å². The van der Waals surface area contributed by atoms with Crippen LogP contribution in [0.4, 0.5) is 0 Å². The van der Waals surface area contributed by atoms with Crippen molar-refractivity contribution in [3.8, 4) is 5.75 Å². The zero-order valence-corrected chi connectivity index (χ0v) is 10.7. The van der Waals surface area contributed by atoms with Gasteiger partial charge in [-0.25, -0.2) is 0 Å². The van der Waals surface area contributed by atoms with E-state index in [0.717, 1.165) is 5.56 Å². The van der Waals surface area contributed by atoms with Crippen molar-refractivity contribution >= 4 is 6.21 Å². The second-order valence-electron chi connectivity index (χ2n) is 4.46. The van der Waals surface area contributed by atoms with Crippen LogP contribution in [0.15, 0.2) is 53.5 Å². The SMILES string of the molecule is Cc1ccc([C@@H](C)/N=C/c2ccc(O)cc2)cc1. The number of rotatable bonds is 3. The normalized spacial score (nSPS) is 12.8. The molecule has 0 radical (unpaired) electrons. The van der Waals surface area contributed by atoms with Crippen LogP contribution in [-0.4, -0.2) is 11.3 Å². The molecule has 0 saturated carbocycles. The average Bonchev–Trinajstić information content (AvgIpc) is 2.38. The smallest absolute Gasteiger partial charge is 0.115 e. The van der Waals surface area contributed by atoms with Gasteiger partial charge in [-0.05, 0) is 49.2 Å². The molecule has 92 valence electrons. The molecule has 2 aromatic rings. The Labute approximate surface area is 108 Å². The van der Waals surface area contributed by atoms with E-state index in [-0.39, 0.29) is 11.8 Å². The zero-order chi connectivity index (χ0) is 13.0.